The predicted molar refractivity (Wildman–Crippen MR) is 49.5 cm³/mol. The van der Waals surface area contributed by atoms with E-state index in [-0.39, 0.29) is 6.29 Å². The molecule has 0 rings (SSSR count). The van der Waals surface area contributed by atoms with Crippen molar-refractivity contribution in [1.29, 1.82) is 0 Å². The molecule has 1 atom stereocenters. The van der Waals surface area contributed by atoms with Crippen LogP contribution in [0.1, 0.15) is 6.92 Å². The van der Waals surface area contributed by atoms with Crippen LogP contribution in [0.15, 0.2) is 12.3 Å². The molecule has 0 aliphatic rings. The second kappa shape index (κ2) is 6.98. The van der Waals surface area contributed by atoms with E-state index in [9.17, 15) is 0 Å². The summed E-state index contributed by atoms with van der Waals surface area (Å²) in [6.07, 6.45) is 4.13. The molecular formula is C6H17N3O3S. The summed E-state index contributed by atoms with van der Waals surface area (Å²) in [5.41, 5.74) is 10.6. The van der Waals surface area contributed by atoms with Crippen LogP contribution in [0.4, 0.5) is 0 Å². The Balaban J connectivity index is 0. The number of nitrogens with one attached hydrogen (secondary N) is 1. The average Bonchev–Trinajstić information content (AvgIpc) is 1.84. The van der Waals surface area contributed by atoms with Gasteiger partial charge in [0.15, 0.2) is 6.29 Å². The molecule has 1 unspecified atom stereocenters. The Labute approximate surface area is 78.9 Å². The van der Waals surface area contributed by atoms with Gasteiger partial charge in [-0.05, 0) is 13.0 Å². The van der Waals surface area contributed by atoms with Crippen molar-refractivity contribution in [1.82, 2.24) is 0 Å². The van der Waals surface area contributed by atoms with Gasteiger partial charge >= 0.3 is 0 Å². The fraction of sp³-hybridized carbons (Fsp3) is 0.667. The van der Waals surface area contributed by atoms with Crippen LogP contribution in [0.25, 0.3) is 0 Å². The maximum absolute atomic E-state index is 9.08. The minimum Gasteiger partial charge on any atom is -0.748 e. The minimum absolute atomic E-state index is 0.300. The Morgan fingerprint density at radius 2 is 1.77 bits per heavy atom. The van der Waals surface area contributed by atoms with E-state index < -0.39 is 10.1 Å². The van der Waals surface area contributed by atoms with Crippen molar-refractivity contribution >= 4 is 10.1 Å². The molecule has 0 amide bonds. The Morgan fingerprint density at radius 3 is 1.85 bits per heavy atom. The molecule has 0 heterocycles. The first kappa shape index (κ1) is 15.0. The van der Waals surface area contributed by atoms with Crippen LogP contribution in [0.2, 0.25) is 0 Å². The van der Waals surface area contributed by atoms with Gasteiger partial charge in [-0.15, -0.1) is 0 Å². The zero-order valence-electron chi connectivity index (χ0n) is 8.02. The molecule has 5 N–H and O–H groups in total. The highest BCUT2D eigenvalue weighted by molar-refractivity contribution is 7.84. The van der Waals surface area contributed by atoms with Crippen LogP contribution in [0.5, 0.6) is 0 Å². The Kier molecular flexibility index (Phi) is 8.07. The SMILES string of the molecule is CC=C[NH+](C)C(N)N.CS(=O)(=O)[O-]. The third-order valence-electron chi connectivity index (χ3n) is 0.955. The fourth-order valence-corrected chi connectivity index (χ4v) is 0.374. The zero-order valence-corrected chi connectivity index (χ0v) is 8.84. The molecule has 80 valence electrons. The minimum atomic E-state index is -3.92. The lowest BCUT2D eigenvalue weighted by Gasteiger charge is -2.10. The average molecular weight is 211 g/mol. The fourth-order valence-electron chi connectivity index (χ4n) is 0.374. The summed E-state index contributed by atoms with van der Waals surface area (Å²) in [5.74, 6) is 0. The van der Waals surface area contributed by atoms with Gasteiger partial charge in [0.05, 0.1) is 23.4 Å². The van der Waals surface area contributed by atoms with E-state index in [0.717, 1.165) is 4.90 Å². The molecule has 0 bridgehead atoms. The lowest BCUT2D eigenvalue weighted by atomic mass is 10.6. The lowest BCUT2D eigenvalue weighted by Crippen LogP contribution is -3.12. The van der Waals surface area contributed by atoms with Crippen molar-refractivity contribution < 1.29 is 17.9 Å². The molecule has 7 heteroatoms. The van der Waals surface area contributed by atoms with Gasteiger partial charge in [-0.25, -0.2) is 8.42 Å². The van der Waals surface area contributed by atoms with Crippen molar-refractivity contribution in [3.8, 4) is 0 Å². The smallest absolute Gasteiger partial charge is 0.197 e. The van der Waals surface area contributed by atoms with Crippen LogP contribution in [-0.4, -0.2) is 32.6 Å². The highest BCUT2D eigenvalue weighted by Crippen LogP contribution is 1.59. The maximum atomic E-state index is 9.08. The summed E-state index contributed by atoms with van der Waals surface area (Å²) in [5, 5.41) is 0. The lowest BCUT2D eigenvalue weighted by molar-refractivity contribution is -0.852. The molecular weight excluding hydrogens is 194 g/mol. The molecule has 0 saturated heterocycles. The molecule has 0 radical (unpaired) electrons. The van der Waals surface area contributed by atoms with Crippen LogP contribution < -0.4 is 16.4 Å². The van der Waals surface area contributed by atoms with Gasteiger partial charge in [0.1, 0.15) is 0 Å². The van der Waals surface area contributed by atoms with Crippen molar-refractivity contribution in [2.75, 3.05) is 13.3 Å². The molecule has 0 aliphatic heterocycles. The van der Waals surface area contributed by atoms with E-state index in [4.69, 9.17) is 24.4 Å². The molecule has 0 aromatic carbocycles. The zero-order chi connectivity index (χ0) is 11.1. The third kappa shape index (κ3) is 24.6. The quantitative estimate of drug-likeness (QED) is 0.342. The summed E-state index contributed by atoms with van der Waals surface area (Å²) in [6.45, 7) is 1.94. The van der Waals surface area contributed by atoms with Crippen LogP contribution >= 0.6 is 0 Å². The molecule has 0 saturated carbocycles. The van der Waals surface area contributed by atoms with Gasteiger partial charge < -0.3 is 4.55 Å². The molecule has 0 aliphatic carbocycles. The Morgan fingerprint density at radius 1 is 1.46 bits per heavy atom. The van der Waals surface area contributed by atoms with Gasteiger partial charge in [0, 0.05) is 6.26 Å². The monoisotopic (exact) mass is 211 g/mol. The van der Waals surface area contributed by atoms with E-state index in [0.29, 0.717) is 6.26 Å². The number of nitrogens with two attached hydrogens (primary N) is 2. The normalized spacial score (nSPS) is 14.1. The maximum Gasteiger partial charge on any atom is 0.197 e. The summed E-state index contributed by atoms with van der Waals surface area (Å²) in [6, 6.07) is 0. The van der Waals surface area contributed by atoms with Crippen molar-refractivity contribution in [2.45, 2.75) is 13.2 Å². The molecule has 0 spiro atoms. The van der Waals surface area contributed by atoms with Gasteiger partial charge in [-0.2, -0.15) is 0 Å². The summed E-state index contributed by atoms with van der Waals surface area (Å²) in [7, 11) is -2.01. The molecule has 13 heavy (non-hydrogen) atoms. The second-order valence-electron chi connectivity index (χ2n) is 2.47. The molecule has 0 aromatic rings. The summed E-state index contributed by atoms with van der Waals surface area (Å²) in [4.78, 5) is 1.01. The first-order valence-electron chi connectivity index (χ1n) is 3.56. The highest BCUT2D eigenvalue weighted by Gasteiger charge is 1.99. The molecule has 0 aromatic heterocycles. The van der Waals surface area contributed by atoms with E-state index in [1.807, 2.05) is 26.2 Å². The second-order valence-corrected chi connectivity index (χ2v) is 3.88. The first-order chi connectivity index (χ1) is 5.68. The number of rotatable bonds is 2. The topological polar surface area (TPSA) is 114 Å². The van der Waals surface area contributed by atoms with Crippen molar-refractivity contribution in [3.05, 3.63) is 12.3 Å². The van der Waals surface area contributed by atoms with E-state index >= 15 is 0 Å². The number of hydrogen-bond acceptors (Lipinski definition) is 5. The van der Waals surface area contributed by atoms with Crippen molar-refractivity contribution in [3.63, 3.8) is 0 Å². The molecule has 0 fully saturated rings. The van der Waals surface area contributed by atoms with Crippen LogP contribution in [-0.2, 0) is 10.1 Å². The Hall–Kier alpha value is -0.470. The Bertz CT molecular complexity index is 228. The number of hydrogen-bond donors (Lipinski definition) is 3. The number of allylic oxidation sites excluding steroid dienone is 1. The molecule has 6 nitrogen and oxygen atoms in total. The standard InChI is InChI=1S/C5H13N3.CH4O3S/c1-3-4-8(2)5(6)7;1-5(2,3)4/h3-5H,6-7H2,1-2H3;1H3,(H,2,3,4). The van der Waals surface area contributed by atoms with Gasteiger partial charge in [-0.1, -0.05) is 0 Å². The van der Waals surface area contributed by atoms with E-state index in [1.165, 1.54) is 0 Å². The van der Waals surface area contributed by atoms with Crippen LogP contribution in [0, 0.1) is 0 Å². The van der Waals surface area contributed by atoms with Crippen LogP contribution in [0.3, 0.4) is 0 Å². The summed E-state index contributed by atoms with van der Waals surface area (Å²) >= 11 is 0. The predicted octanol–water partition coefficient (Wildman–Crippen LogP) is -2.60. The third-order valence-corrected chi connectivity index (χ3v) is 0.955. The largest absolute Gasteiger partial charge is 0.748 e. The first-order valence-corrected chi connectivity index (χ1v) is 5.38. The number of quaternary nitrogens is 1. The van der Waals surface area contributed by atoms with Gasteiger partial charge in [0.25, 0.3) is 0 Å². The van der Waals surface area contributed by atoms with E-state index in [2.05, 4.69) is 0 Å². The summed E-state index contributed by atoms with van der Waals surface area (Å²) < 4.78 is 27.2. The highest BCUT2D eigenvalue weighted by atomic mass is 32.2. The van der Waals surface area contributed by atoms with Crippen molar-refractivity contribution in [2.24, 2.45) is 11.5 Å². The van der Waals surface area contributed by atoms with Gasteiger partial charge in [-0.3, -0.25) is 16.4 Å². The van der Waals surface area contributed by atoms with Gasteiger partial charge in [0.2, 0.25) is 0 Å². The van der Waals surface area contributed by atoms with E-state index in [1.54, 1.807) is 0 Å².